The average molecular weight is 870 g/mol. The van der Waals surface area contributed by atoms with E-state index in [4.69, 9.17) is 11.3 Å². The molecule has 0 fully saturated rings. The molecule has 4 aliphatic rings. The molecule has 326 valence electrons. The number of fused-ring (bicyclic) bond motifs is 10. The van der Waals surface area contributed by atoms with Crippen LogP contribution in [0.5, 0.6) is 0 Å². The molecule has 0 saturated heterocycles. The Balaban J connectivity index is 0.00000106. The van der Waals surface area contributed by atoms with Gasteiger partial charge in [-0.05, 0) is 124 Å². The maximum atomic E-state index is 12.2. The fourth-order valence-corrected chi connectivity index (χ4v) is 11.5. The molecule has 0 amide bonds. The van der Waals surface area contributed by atoms with Crippen molar-refractivity contribution in [3.05, 3.63) is 112 Å². The van der Waals surface area contributed by atoms with Gasteiger partial charge in [0, 0.05) is 40.8 Å². The summed E-state index contributed by atoms with van der Waals surface area (Å²) in [5, 5.41) is 12.6. The molecule has 3 N–H and O–H groups in total. The second kappa shape index (κ2) is 17.1. The first-order chi connectivity index (χ1) is 28.8. The fraction of sp³-hybridized carbons (Fsp3) is 0.449. The van der Waals surface area contributed by atoms with Crippen molar-refractivity contribution in [2.24, 2.45) is 0 Å². The standard InChI is InChI=1S/C44H47NO9S2.C5H12/c1-26-34-25-35-38(20-22-45-36-19-14-29-24-31(56(51,52)53)16-18-33(29)41(36)43(2,3)42(35)45)54-37(34)10-8-9-27-12-13-28-23-30(55(48,49)50)15-17-32(28)40(27)44(26,4)21-7-5-6-11-39(46)47;1-3-5-4-2/h12-19,23-25,37-38H,1,5-11,20-22H2,2-4H3,(H,46,47)(H,48,49,50)(H,51,52,53);3-5H2,1-2H3. The van der Waals surface area contributed by atoms with Crippen LogP contribution in [0.4, 0.5) is 5.69 Å². The second-order valence-electron chi connectivity index (χ2n) is 17.9. The van der Waals surface area contributed by atoms with Crippen LogP contribution in [0.15, 0.2) is 106 Å². The fourth-order valence-electron chi connectivity index (χ4n) is 10.4. The molecule has 0 saturated carbocycles. The highest BCUT2D eigenvalue weighted by molar-refractivity contribution is 7.86. The zero-order chi connectivity index (χ0) is 44.1. The normalized spacial score (nSPS) is 22.1. The molecule has 0 spiro atoms. The lowest BCUT2D eigenvalue weighted by atomic mass is 9.66. The Bertz CT molecular complexity index is 2690. The molecule has 4 aromatic carbocycles. The van der Waals surface area contributed by atoms with Gasteiger partial charge in [0.05, 0.1) is 22.0 Å². The Kier molecular flexibility index (Phi) is 12.5. The number of carbonyl (C=O) groups is 1. The monoisotopic (exact) mass is 869 g/mol. The summed E-state index contributed by atoms with van der Waals surface area (Å²) >= 11 is 0. The molecule has 0 radical (unpaired) electrons. The summed E-state index contributed by atoms with van der Waals surface area (Å²) in [6.07, 6.45) is 12.0. The number of aryl methyl sites for hydroxylation is 1. The van der Waals surface area contributed by atoms with Crippen LogP contribution in [-0.4, -0.2) is 55.8 Å². The Morgan fingerprint density at radius 2 is 1.43 bits per heavy atom. The Labute approximate surface area is 360 Å². The Hall–Kier alpha value is -4.33. The number of allylic oxidation sites excluding steroid dienone is 1. The molecule has 8 rings (SSSR count). The zero-order valence-electron chi connectivity index (χ0n) is 36.0. The van der Waals surface area contributed by atoms with Gasteiger partial charge < -0.3 is 14.7 Å². The van der Waals surface area contributed by atoms with Crippen LogP contribution in [0.2, 0.25) is 0 Å². The molecule has 3 unspecified atom stereocenters. The largest absolute Gasteiger partial charge is 0.481 e. The molecule has 61 heavy (non-hydrogen) atoms. The number of rotatable bonds is 10. The van der Waals surface area contributed by atoms with Gasteiger partial charge in [0.1, 0.15) is 0 Å². The maximum absolute atomic E-state index is 12.2. The van der Waals surface area contributed by atoms with Crippen LogP contribution < -0.4 is 4.90 Å². The second-order valence-corrected chi connectivity index (χ2v) is 20.7. The summed E-state index contributed by atoms with van der Waals surface area (Å²) in [6.45, 7) is 16.6. The lowest BCUT2D eigenvalue weighted by molar-refractivity contribution is -0.137. The summed E-state index contributed by atoms with van der Waals surface area (Å²) in [6, 6.07) is 17.4. The zero-order valence-corrected chi connectivity index (χ0v) is 37.6. The molecule has 0 aromatic heterocycles. The summed E-state index contributed by atoms with van der Waals surface area (Å²) in [4.78, 5) is 13.4. The van der Waals surface area contributed by atoms with E-state index in [1.807, 2.05) is 18.2 Å². The van der Waals surface area contributed by atoms with Crippen LogP contribution in [0.3, 0.4) is 0 Å². The SMILES string of the molecule is C=C1C2=CC3=C4N(CCC3OC2CCCc2ccc3cc(S(=O)(=O)O)ccc3c2C1(C)CCCCCC(=O)O)c1ccc2cc(S(=O)(=O)O)ccc2c1C4(C)C.CCCCC. The van der Waals surface area contributed by atoms with E-state index in [1.54, 1.807) is 12.1 Å². The van der Waals surface area contributed by atoms with Crippen LogP contribution in [0, 0.1) is 0 Å². The first kappa shape index (κ1) is 44.7. The molecular formula is C49H59NO9S2. The van der Waals surface area contributed by atoms with Gasteiger partial charge in [-0.1, -0.05) is 104 Å². The van der Waals surface area contributed by atoms with E-state index < -0.39 is 37.0 Å². The third-order valence-corrected chi connectivity index (χ3v) is 15.1. The summed E-state index contributed by atoms with van der Waals surface area (Å²) < 4.78 is 75.1. The van der Waals surface area contributed by atoms with Crippen molar-refractivity contribution in [3.8, 4) is 0 Å². The van der Waals surface area contributed by atoms with Crippen LogP contribution in [-0.2, 0) is 47.0 Å². The van der Waals surface area contributed by atoms with Gasteiger partial charge in [0.15, 0.2) is 0 Å². The average Bonchev–Trinajstić information content (AvgIpc) is 3.46. The molecular weight excluding hydrogens is 811 g/mol. The van der Waals surface area contributed by atoms with Crippen molar-refractivity contribution in [3.63, 3.8) is 0 Å². The van der Waals surface area contributed by atoms with Crippen LogP contribution >= 0.6 is 0 Å². The molecule has 3 heterocycles. The summed E-state index contributed by atoms with van der Waals surface area (Å²) in [5.41, 5.74) is 7.39. The van der Waals surface area contributed by atoms with Crippen LogP contribution in [0.25, 0.3) is 21.5 Å². The van der Waals surface area contributed by atoms with E-state index in [9.17, 15) is 35.8 Å². The number of anilines is 1. The van der Waals surface area contributed by atoms with Gasteiger partial charge >= 0.3 is 5.97 Å². The number of nitrogens with zero attached hydrogens (tertiary/aromatic N) is 1. The van der Waals surface area contributed by atoms with E-state index in [1.165, 1.54) is 43.5 Å². The lowest BCUT2D eigenvalue weighted by Crippen LogP contribution is -2.43. The molecule has 0 bridgehead atoms. The minimum atomic E-state index is -4.42. The van der Waals surface area contributed by atoms with Gasteiger partial charge in [-0.15, -0.1) is 0 Å². The molecule has 10 nitrogen and oxygen atoms in total. The van der Waals surface area contributed by atoms with Crippen LogP contribution in [0.1, 0.15) is 122 Å². The maximum Gasteiger partial charge on any atom is 0.303 e. The van der Waals surface area contributed by atoms with Gasteiger partial charge in [-0.25, -0.2) is 0 Å². The lowest BCUT2D eigenvalue weighted by Gasteiger charge is -2.44. The third kappa shape index (κ3) is 8.46. The Morgan fingerprint density at radius 3 is 2.02 bits per heavy atom. The number of carboxylic acids is 1. The van der Waals surface area contributed by atoms with Crippen molar-refractivity contribution in [2.45, 2.75) is 144 Å². The first-order valence-corrected chi connectivity index (χ1v) is 24.6. The van der Waals surface area contributed by atoms with E-state index >= 15 is 0 Å². The quantitative estimate of drug-likeness (QED) is 0.103. The van der Waals surface area contributed by atoms with Crippen molar-refractivity contribution >= 4 is 53.4 Å². The van der Waals surface area contributed by atoms with E-state index in [0.29, 0.717) is 18.2 Å². The van der Waals surface area contributed by atoms with Gasteiger partial charge in [-0.2, -0.15) is 16.8 Å². The number of unbranched alkanes of at least 4 members (excludes halogenated alkanes) is 4. The molecule has 4 aromatic rings. The highest BCUT2D eigenvalue weighted by Crippen LogP contribution is 2.56. The first-order valence-electron chi connectivity index (χ1n) is 21.7. The summed E-state index contributed by atoms with van der Waals surface area (Å²) in [5.74, 6) is -0.820. The van der Waals surface area contributed by atoms with E-state index in [-0.39, 0.29) is 28.4 Å². The molecule has 12 heteroatoms. The third-order valence-electron chi connectivity index (χ3n) is 13.4. The molecule has 3 aliphatic heterocycles. The van der Waals surface area contributed by atoms with Crippen molar-refractivity contribution in [2.75, 3.05) is 11.4 Å². The van der Waals surface area contributed by atoms with E-state index in [2.05, 4.69) is 51.7 Å². The van der Waals surface area contributed by atoms with Gasteiger partial charge in [-0.3, -0.25) is 13.9 Å². The van der Waals surface area contributed by atoms with E-state index in [0.717, 1.165) is 106 Å². The van der Waals surface area contributed by atoms with Crippen molar-refractivity contribution in [1.29, 1.82) is 0 Å². The van der Waals surface area contributed by atoms with Gasteiger partial charge in [0.2, 0.25) is 0 Å². The van der Waals surface area contributed by atoms with Crippen molar-refractivity contribution in [1.82, 2.24) is 0 Å². The Morgan fingerprint density at radius 1 is 0.803 bits per heavy atom. The minimum Gasteiger partial charge on any atom is -0.481 e. The number of benzene rings is 4. The highest BCUT2D eigenvalue weighted by Gasteiger charge is 2.49. The topological polar surface area (TPSA) is 159 Å². The molecule has 3 atom stereocenters. The number of ether oxygens (including phenoxy) is 1. The van der Waals surface area contributed by atoms with Crippen molar-refractivity contribution < 1.29 is 40.6 Å². The molecule has 1 aliphatic carbocycles. The number of hydrogen-bond acceptors (Lipinski definition) is 7. The summed E-state index contributed by atoms with van der Waals surface area (Å²) in [7, 11) is -8.79. The smallest absolute Gasteiger partial charge is 0.303 e. The van der Waals surface area contributed by atoms with Gasteiger partial charge in [0.25, 0.3) is 20.2 Å². The predicted octanol–water partition coefficient (Wildman–Crippen LogP) is 11.0. The predicted molar refractivity (Wildman–Crippen MR) is 242 cm³/mol. The number of hydrogen-bond donors (Lipinski definition) is 3. The number of carboxylic acid groups (broad SMARTS) is 1. The number of aliphatic carboxylic acids is 1. The minimum absolute atomic E-state index is 0.0979. The highest BCUT2D eigenvalue weighted by atomic mass is 32.2.